The fraction of sp³-hybridized carbons (Fsp3) is 0.261. The number of benzene rings is 1. The molecule has 136 valence electrons. The number of aryl methyl sites for hydroxylation is 1. The molecule has 1 unspecified atom stereocenters. The smallest absolute Gasteiger partial charge is 0.272 e. The normalized spacial score (nSPS) is 16.9. The third-order valence-electron chi connectivity index (χ3n) is 5.09. The first kappa shape index (κ1) is 17.4. The number of piperidine rings is 1. The van der Waals surface area contributed by atoms with Crippen molar-refractivity contribution in [3.63, 3.8) is 0 Å². The number of carbonyl (C=O) groups is 1. The van der Waals surface area contributed by atoms with Crippen LogP contribution in [0.2, 0.25) is 0 Å². The van der Waals surface area contributed by atoms with Gasteiger partial charge in [-0.2, -0.15) is 0 Å². The molecule has 0 radical (unpaired) electrons. The van der Waals surface area contributed by atoms with Gasteiger partial charge < -0.3 is 4.90 Å². The first-order chi connectivity index (χ1) is 13.2. The Morgan fingerprint density at radius 1 is 1.04 bits per heavy atom. The molecule has 0 bridgehead atoms. The second kappa shape index (κ2) is 7.70. The molecule has 3 heterocycles. The van der Waals surface area contributed by atoms with Crippen LogP contribution < -0.4 is 0 Å². The minimum absolute atomic E-state index is 0.0104. The van der Waals surface area contributed by atoms with E-state index in [0.29, 0.717) is 12.2 Å². The van der Waals surface area contributed by atoms with Gasteiger partial charge in [0.2, 0.25) is 0 Å². The fourth-order valence-corrected chi connectivity index (χ4v) is 3.75. The third-order valence-corrected chi connectivity index (χ3v) is 5.09. The highest BCUT2D eigenvalue weighted by Gasteiger charge is 2.27. The third kappa shape index (κ3) is 3.90. The van der Waals surface area contributed by atoms with Crippen molar-refractivity contribution in [3.8, 4) is 11.1 Å². The van der Waals surface area contributed by atoms with Crippen molar-refractivity contribution in [3.05, 3.63) is 83.9 Å². The Morgan fingerprint density at radius 3 is 2.63 bits per heavy atom. The summed E-state index contributed by atoms with van der Waals surface area (Å²) in [5.41, 5.74) is 4.99. The Hall–Kier alpha value is -3.01. The van der Waals surface area contributed by atoms with Gasteiger partial charge in [0.1, 0.15) is 5.69 Å². The van der Waals surface area contributed by atoms with Crippen molar-refractivity contribution in [1.82, 2.24) is 14.9 Å². The maximum Gasteiger partial charge on any atom is 0.272 e. The number of hydrogen-bond acceptors (Lipinski definition) is 3. The lowest BCUT2D eigenvalue weighted by atomic mass is 9.92. The van der Waals surface area contributed by atoms with Crippen LogP contribution in [0.4, 0.5) is 0 Å². The molecule has 4 nitrogen and oxygen atoms in total. The summed E-state index contributed by atoms with van der Waals surface area (Å²) >= 11 is 0. The second-order valence-corrected chi connectivity index (χ2v) is 7.09. The molecule has 1 aliphatic heterocycles. The summed E-state index contributed by atoms with van der Waals surface area (Å²) in [5.74, 6) is 0.269. The predicted octanol–water partition coefficient (Wildman–Crippen LogP) is 4.47. The number of likely N-dealkylation sites (tertiary alicyclic amines) is 1. The Labute approximate surface area is 159 Å². The van der Waals surface area contributed by atoms with Gasteiger partial charge in [-0.1, -0.05) is 36.4 Å². The summed E-state index contributed by atoms with van der Waals surface area (Å²) in [6.45, 7) is 3.51. The molecule has 1 fully saturated rings. The Balaban J connectivity index is 1.58. The average Bonchev–Trinajstić information content (AvgIpc) is 2.74. The first-order valence-corrected chi connectivity index (χ1v) is 9.45. The van der Waals surface area contributed by atoms with E-state index in [1.165, 1.54) is 11.1 Å². The SMILES string of the molecule is Cc1cc(-c2ccccc2)cc(C2CCCN(C(=O)c3ccccn3)C2)n1. The van der Waals surface area contributed by atoms with E-state index in [9.17, 15) is 4.79 Å². The Bertz CT molecular complexity index is 925. The second-order valence-electron chi connectivity index (χ2n) is 7.09. The number of hydrogen-bond donors (Lipinski definition) is 0. The molecule has 0 aliphatic carbocycles. The van der Waals surface area contributed by atoms with Crippen molar-refractivity contribution in [2.45, 2.75) is 25.7 Å². The van der Waals surface area contributed by atoms with Crippen LogP contribution in [0.5, 0.6) is 0 Å². The van der Waals surface area contributed by atoms with Crippen LogP contribution in [0.3, 0.4) is 0 Å². The van der Waals surface area contributed by atoms with Crippen LogP contribution in [-0.4, -0.2) is 33.9 Å². The van der Waals surface area contributed by atoms with Gasteiger partial charge in [-0.05, 0) is 55.2 Å². The van der Waals surface area contributed by atoms with Crippen LogP contribution in [0.25, 0.3) is 11.1 Å². The maximum atomic E-state index is 12.8. The van der Waals surface area contributed by atoms with Gasteiger partial charge >= 0.3 is 0 Å². The van der Waals surface area contributed by atoms with E-state index in [-0.39, 0.29) is 11.8 Å². The topological polar surface area (TPSA) is 46.1 Å². The average molecular weight is 357 g/mol. The molecular weight excluding hydrogens is 334 g/mol. The number of nitrogens with zero attached hydrogens (tertiary/aromatic N) is 3. The summed E-state index contributed by atoms with van der Waals surface area (Å²) in [5, 5.41) is 0. The molecule has 4 heteroatoms. The highest BCUT2D eigenvalue weighted by atomic mass is 16.2. The molecule has 1 atom stereocenters. The molecule has 1 aliphatic rings. The van der Waals surface area contributed by atoms with E-state index in [1.807, 2.05) is 30.0 Å². The van der Waals surface area contributed by atoms with Gasteiger partial charge in [-0.25, -0.2) is 0 Å². The van der Waals surface area contributed by atoms with Gasteiger partial charge in [0.25, 0.3) is 5.91 Å². The Morgan fingerprint density at radius 2 is 1.85 bits per heavy atom. The number of pyridine rings is 2. The zero-order chi connectivity index (χ0) is 18.6. The van der Waals surface area contributed by atoms with E-state index < -0.39 is 0 Å². The lowest BCUT2D eigenvalue weighted by Crippen LogP contribution is -2.39. The predicted molar refractivity (Wildman–Crippen MR) is 107 cm³/mol. The van der Waals surface area contributed by atoms with Crippen LogP contribution in [0.15, 0.2) is 66.9 Å². The number of amides is 1. The molecule has 0 N–H and O–H groups in total. The lowest BCUT2D eigenvalue weighted by molar-refractivity contribution is 0.0700. The van der Waals surface area contributed by atoms with E-state index in [1.54, 1.807) is 12.3 Å². The van der Waals surface area contributed by atoms with E-state index >= 15 is 0 Å². The summed E-state index contributed by atoms with van der Waals surface area (Å²) < 4.78 is 0. The number of carbonyl (C=O) groups excluding carboxylic acids is 1. The summed E-state index contributed by atoms with van der Waals surface area (Å²) in [6.07, 6.45) is 3.71. The zero-order valence-electron chi connectivity index (χ0n) is 15.5. The fourth-order valence-electron chi connectivity index (χ4n) is 3.75. The minimum Gasteiger partial charge on any atom is -0.337 e. The van der Waals surface area contributed by atoms with Gasteiger partial charge in [-0.15, -0.1) is 0 Å². The summed E-state index contributed by atoms with van der Waals surface area (Å²) in [6, 6.07) is 20.2. The molecule has 4 rings (SSSR count). The van der Waals surface area contributed by atoms with Gasteiger partial charge in [-0.3, -0.25) is 14.8 Å². The summed E-state index contributed by atoms with van der Waals surface area (Å²) in [4.78, 5) is 23.7. The van der Waals surface area contributed by atoms with E-state index in [4.69, 9.17) is 4.98 Å². The lowest BCUT2D eigenvalue weighted by Gasteiger charge is -2.32. The molecule has 2 aromatic heterocycles. The van der Waals surface area contributed by atoms with E-state index in [0.717, 1.165) is 30.8 Å². The number of aromatic nitrogens is 2. The van der Waals surface area contributed by atoms with E-state index in [2.05, 4.69) is 41.4 Å². The van der Waals surface area contributed by atoms with Crippen LogP contribution in [0, 0.1) is 6.92 Å². The van der Waals surface area contributed by atoms with Gasteiger partial charge in [0.15, 0.2) is 0 Å². The summed E-state index contributed by atoms with van der Waals surface area (Å²) in [7, 11) is 0. The zero-order valence-corrected chi connectivity index (χ0v) is 15.5. The molecule has 3 aromatic rings. The number of rotatable bonds is 3. The van der Waals surface area contributed by atoms with Crippen molar-refractivity contribution in [2.75, 3.05) is 13.1 Å². The van der Waals surface area contributed by atoms with Crippen LogP contribution >= 0.6 is 0 Å². The van der Waals surface area contributed by atoms with Gasteiger partial charge in [0, 0.05) is 36.6 Å². The van der Waals surface area contributed by atoms with Crippen LogP contribution in [0.1, 0.15) is 40.6 Å². The highest BCUT2D eigenvalue weighted by molar-refractivity contribution is 5.92. The molecule has 1 saturated heterocycles. The van der Waals surface area contributed by atoms with Crippen molar-refractivity contribution in [1.29, 1.82) is 0 Å². The Kier molecular flexibility index (Phi) is 4.97. The molecule has 1 amide bonds. The first-order valence-electron chi connectivity index (χ1n) is 9.45. The monoisotopic (exact) mass is 357 g/mol. The molecular formula is C23H23N3O. The standard InChI is InChI=1S/C23H23N3O/c1-17-14-20(18-8-3-2-4-9-18)15-22(25-17)19-10-7-13-26(16-19)23(27)21-11-5-6-12-24-21/h2-6,8-9,11-12,14-15,19H,7,10,13,16H2,1H3. The molecule has 27 heavy (non-hydrogen) atoms. The molecule has 1 aromatic carbocycles. The minimum atomic E-state index is 0.0104. The molecule has 0 spiro atoms. The molecule has 0 saturated carbocycles. The maximum absolute atomic E-state index is 12.8. The van der Waals surface area contributed by atoms with Crippen molar-refractivity contribution in [2.24, 2.45) is 0 Å². The van der Waals surface area contributed by atoms with Crippen molar-refractivity contribution < 1.29 is 4.79 Å². The van der Waals surface area contributed by atoms with Gasteiger partial charge in [0.05, 0.1) is 0 Å². The largest absolute Gasteiger partial charge is 0.337 e. The quantitative estimate of drug-likeness (QED) is 0.695. The highest BCUT2D eigenvalue weighted by Crippen LogP contribution is 2.30. The van der Waals surface area contributed by atoms with Crippen molar-refractivity contribution >= 4 is 5.91 Å². The van der Waals surface area contributed by atoms with Crippen LogP contribution in [-0.2, 0) is 0 Å².